The molecule has 106 valence electrons. The summed E-state index contributed by atoms with van der Waals surface area (Å²) in [5.41, 5.74) is 0.785. The van der Waals surface area contributed by atoms with Crippen LogP contribution in [0.2, 0.25) is 5.02 Å². The number of ether oxygens (including phenoxy) is 1. The zero-order valence-corrected chi connectivity index (χ0v) is 12.7. The van der Waals surface area contributed by atoms with E-state index in [1.807, 2.05) is 11.0 Å². The van der Waals surface area contributed by atoms with Crippen LogP contribution in [0.25, 0.3) is 10.2 Å². The Labute approximate surface area is 126 Å². The molecule has 0 spiro atoms. The van der Waals surface area contributed by atoms with Crippen molar-refractivity contribution in [3.05, 3.63) is 28.2 Å². The number of likely N-dealkylation sites (tertiary alicyclic amines) is 1. The Hall–Kier alpha value is -1.17. The molecule has 0 bridgehead atoms. The van der Waals surface area contributed by atoms with E-state index in [9.17, 15) is 4.79 Å². The Balaban J connectivity index is 1.90. The van der Waals surface area contributed by atoms with Gasteiger partial charge in [-0.15, -0.1) is 11.3 Å². The fourth-order valence-electron chi connectivity index (χ4n) is 2.62. The highest BCUT2D eigenvalue weighted by Gasteiger charge is 2.30. The van der Waals surface area contributed by atoms with Gasteiger partial charge < -0.3 is 9.64 Å². The maximum Gasteiger partial charge on any atom is 0.264 e. The molecule has 0 aromatic carbocycles. The second-order valence-corrected chi connectivity index (χ2v) is 6.33. The number of carbonyl (C=O) groups excluding carboxylic acids is 1. The van der Waals surface area contributed by atoms with Crippen LogP contribution in [0.4, 0.5) is 0 Å². The van der Waals surface area contributed by atoms with E-state index < -0.39 is 0 Å². The predicted molar refractivity (Wildman–Crippen MR) is 80.6 cm³/mol. The third kappa shape index (κ3) is 2.41. The number of amides is 1. The van der Waals surface area contributed by atoms with Crippen LogP contribution < -0.4 is 0 Å². The summed E-state index contributed by atoms with van der Waals surface area (Å²) in [7, 11) is 1.67. The molecule has 0 N–H and O–H groups in total. The molecule has 0 aliphatic carbocycles. The summed E-state index contributed by atoms with van der Waals surface area (Å²) in [6.07, 6.45) is 3.70. The number of hydrogen-bond donors (Lipinski definition) is 0. The molecule has 6 heteroatoms. The minimum Gasteiger partial charge on any atom is -0.383 e. The van der Waals surface area contributed by atoms with Crippen molar-refractivity contribution < 1.29 is 9.53 Å². The second kappa shape index (κ2) is 5.68. The molecule has 0 saturated carbocycles. The van der Waals surface area contributed by atoms with Crippen molar-refractivity contribution in [2.75, 3.05) is 20.3 Å². The van der Waals surface area contributed by atoms with Crippen LogP contribution in [0, 0.1) is 0 Å². The molecule has 0 radical (unpaired) electrons. The van der Waals surface area contributed by atoms with Gasteiger partial charge in [0.1, 0.15) is 0 Å². The van der Waals surface area contributed by atoms with Crippen molar-refractivity contribution in [3.63, 3.8) is 0 Å². The van der Waals surface area contributed by atoms with E-state index in [2.05, 4.69) is 4.98 Å². The van der Waals surface area contributed by atoms with Crippen LogP contribution in [-0.4, -0.2) is 42.1 Å². The molecule has 1 fully saturated rings. The molecule has 20 heavy (non-hydrogen) atoms. The lowest BCUT2D eigenvalue weighted by Gasteiger charge is -2.23. The molecular weight excluding hydrogens is 296 g/mol. The molecule has 1 saturated heterocycles. The first kappa shape index (κ1) is 13.8. The number of hydrogen-bond acceptors (Lipinski definition) is 4. The lowest BCUT2D eigenvalue weighted by Crippen LogP contribution is -2.37. The quantitative estimate of drug-likeness (QED) is 0.874. The van der Waals surface area contributed by atoms with E-state index in [4.69, 9.17) is 16.3 Å². The first-order valence-corrected chi connectivity index (χ1v) is 7.74. The summed E-state index contributed by atoms with van der Waals surface area (Å²) in [5.74, 6) is 0.0589. The zero-order valence-electron chi connectivity index (χ0n) is 11.1. The summed E-state index contributed by atoms with van der Waals surface area (Å²) in [5, 5.41) is 0.647. The van der Waals surface area contributed by atoms with E-state index in [1.165, 1.54) is 11.3 Å². The number of carbonyl (C=O) groups is 1. The highest BCUT2D eigenvalue weighted by atomic mass is 35.5. The van der Waals surface area contributed by atoms with E-state index >= 15 is 0 Å². The van der Waals surface area contributed by atoms with Crippen molar-refractivity contribution in [1.29, 1.82) is 0 Å². The standard InChI is InChI=1S/C14H15ClN2O2S/c1-19-8-9-3-2-6-17(9)14(18)12-7-11-13(20-12)10(15)4-5-16-11/h4-5,7,9H,2-3,6,8H2,1H3/t9-/m0/s1. The number of aromatic nitrogens is 1. The van der Waals surface area contributed by atoms with Crippen molar-refractivity contribution >= 4 is 39.1 Å². The third-order valence-corrected chi connectivity index (χ3v) is 5.14. The van der Waals surface area contributed by atoms with Crippen molar-refractivity contribution in [3.8, 4) is 0 Å². The number of pyridine rings is 1. The fraction of sp³-hybridized carbons (Fsp3) is 0.429. The van der Waals surface area contributed by atoms with Gasteiger partial charge in [0.15, 0.2) is 0 Å². The summed E-state index contributed by atoms with van der Waals surface area (Å²) in [4.78, 5) is 19.5. The molecule has 1 amide bonds. The van der Waals surface area contributed by atoms with Crippen molar-refractivity contribution in [2.24, 2.45) is 0 Å². The second-order valence-electron chi connectivity index (χ2n) is 4.87. The van der Waals surface area contributed by atoms with Crippen molar-refractivity contribution in [1.82, 2.24) is 9.88 Å². The molecule has 3 heterocycles. The topological polar surface area (TPSA) is 42.4 Å². The van der Waals surface area contributed by atoms with Gasteiger partial charge in [0.25, 0.3) is 5.91 Å². The van der Waals surface area contributed by atoms with Crippen LogP contribution in [-0.2, 0) is 4.74 Å². The molecule has 2 aromatic heterocycles. The number of fused-ring (bicyclic) bond motifs is 1. The summed E-state index contributed by atoms with van der Waals surface area (Å²) < 4.78 is 6.07. The van der Waals surface area contributed by atoms with Gasteiger partial charge in [0, 0.05) is 19.9 Å². The number of rotatable bonds is 3. The SMILES string of the molecule is COC[C@@H]1CCCN1C(=O)c1cc2nccc(Cl)c2s1. The fourth-order valence-corrected chi connectivity index (χ4v) is 3.87. The Morgan fingerprint density at radius 1 is 1.65 bits per heavy atom. The number of methoxy groups -OCH3 is 1. The smallest absolute Gasteiger partial charge is 0.264 e. The predicted octanol–water partition coefficient (Wildman–Crippen LogP) is 3.20. The molecule has 3 rings (SSSR count). The van der Waals surface area contributed by atoms with Crippen LogP contribution >= 0.6 is 22.9 Å². The Morgan fingerprint density at radius 3 is 3.25 bits per heavy atom. The monoisotopic (exact) mass is 310 g/mol. The average Bonchev–Trinajstić information content (AvgIpc) is 3.05. The van der Waals surface area contributed by atoms with E-state index in [0.29, 0.717) is 16.5 Å². The van der Waals surface area contributed by atoms with Gasteiger partial charge in [-0.1, -0.05) is 11.6 Å². The van der Waals surface area contributed by atoms with Crippen LogP contribution in [0.15, 0.2) is 18.3 Å². The molecule has 2 aromatic rings. The highest BCUT2D eigenvalue weighted by molar-refractivity contribution is 7.21. The minimum absolute atomic E-state index is 0.0589. The Kier molecular flexibility index (Phi) is 3.92. The molecular formula is C14H15ClN2O2S. The Bertz CT molecular complexity index is 643. The van der Waals surface area contributed by atoms with Crippen molar-refractivity contribution in [2.45, 2.75) is 18.9 Å². The Morgan fingerprint density at radius 2 is 2.50 bits per heavy atom. The number of halogens is 1. The molecule has 0 unspecified atom stereocenters. The molecule has 1 aliphatic rings. The lowest BCUT2D eigenvalue weighted by molar-refractivity contribution is 0.0635. The van der Waals surface area contributed by atoms with Gasteiger partial charge in [0.05, 0.1) is 32.8 Å². The summed E-state index contributed by atoms with van der Waals surface area (Å²) in [6.45, 7) is 1.39. The van der Waals surface area contributed by atoms with Gasteiger partial charge in [-0.2, -0.15) is 0 Å². The van der Waals surface area contributed by atoms with Gasteiger partial charge in [-0.3, -0.25) is 9.78 Å². The van der Waals surface area contributed by atoms with Gasteiger partial charge in [-0.05, 0) is 25.0 Å². The van der Waals surface area contributed by atoms with Crippen LogP contribution in [0.1, 0.15) is 22.5 Å². The maximum absolute atomic E-state index is 12.6. The minimum atomic E-state index is 0.0589. The molecule has 4 nitrogen and oxygen atoms in total. The molecule has 1 atom stereocenters. The first-order valence-electron chi connectivity index (χ1n) is 6.54. The number of thiophene rings is 1. The van der Waals surface area contributed by atoms with Gasteiger partial charge in [-0.25, -0.2) is 0 Å². The van der Waals surface area contributed by atoms with E-state index in [-0.39, 0.29) is 11.9 Å². The highest BCUT2D eigenvalue weighted by Crippen LogP contribution is 2.32. The van der Waals surface area contributed by atoms with Gasteiger partial charge >= 0.3 is 0 Å². The number of nitrogens with zero attached hydrogens (tertiary/aromatic N) is 2. The summed E-state index contributed by atoms with van der Waals surface area (Å²) >= 11 is 7.55. The third-order valence-electron chi connectivity index (χ3n) is 3.57. The first-order chi connectivity index (χ1) is 9.70. The molecule has 1 aliphatic heterocycles. The largest absolute Gasteiger partial charge is 0.383 e. The summed E-state index contributed by atoms with van der Waals surface area (Å²) in [6, 6.07) is 3.76. The van der Waals surface area contributed by atoms with E-state index in [1.54, 1.807) is 19.4 Å². The zero-order chi connectivity index (χ0) is 14.1. The average molecular weight is 311 g/mol. The normalized spacial score (nSPS) is 18.9. The van der Waals surface area contributed by atoms with Crippen LogP contribution in [0.3, 0.4) is 0 Å². The maximum atomic E-state index is 12.6. The van der Waals surface area contributed by atoms with Gasteiger partial charge in [0.2, 0.25) is 0 Å². The van der Waals surface area contributed by atoms with E-state index in [0.717, 1.165) is 29.6 Å². The van der Waals surface area contributed by atoms with Crippen LogP contribution in [0.5, 0.6) is 0 Å². The lowest BCUT2D eigenvalue weighted by atomic mass is 10.2.